The van der Waals surface area contributed by atoms with Gasteiger partial charge >= 0.3 is 0 Å². The molecule has 30 heavy (non-hydrogen) atoms. The highest BCUT2D eigenvalue weighted by Crippen LogP contribution is 2.34. The van der Waals surface area contributed by atoms with Crippen molar-refractivity contribution >= 4 is 11.9 Å². The van der Waals surface area contributed by atoms with E-state index in [-0.39, 0.29) is 23.6 Å². The van der Waals surface area contributed by atoms with E-state index in [0.717, 1.165) is 17.5 Å². The Hall–Kier alpha value is -3.55. The smallest absolute Gasteiger partial charge is 0.255 e. The summed E-state index contributed by atoms with van der Waals surface area (Å²) in [6.07, 6.45) is 3.96. The van der Waals surface area contributed by atoms with Crippen molar-refractivity contribution < 1.29 is 4.79 Å². The lowest BCUT2D eigenvalue weighted by Gasteiger charge is -2.35. The van der Waals surface area contributed by atoms with E-state index >= 15 is 0 Å². The quantitative estimate of drug-likeness (QED) is 0.662. The maximum absolute atomic E-state index is 13.0. The van der Waals surface area contributed by atoms with Gasteiger partial charge in [0.1, 0.15) is 6.33 Å². The summed E-state index contributed by atoms with van der Waals surface area (Å²) in [5.74, 6) is 0.689. The minimum absolute atomic E-state index is 0.0717. The molecule has 0 aliphatic carbocycles. The van der Waals surface area contributed by atoms with Crippen molar-refractivity contribution in [3.05, 3.63) is 70.4 Å². The lowest BCUT2D eigenvalue weighted by atomic mass is 10.1. The van der Waals surface area contributed by atoms with E-state index in [2.05, 4.69) is 14.9 Å². The van der Waals surface area contributed by atoms with E-state index in [1.807, 2.05) is 36.1 Å². The third-order valence-electron chi connectivity index (χ3n) is 5.98. The third kappa shape index (κ3) is 3.04. The van der Waals surface area contributed by atoms with Crippen LogP contribution in [-0.4, -0.2) is 55.5 Å². The number of aromatic nitrogens is 4. The van der Waals surface area contributed by atoms with Crippen LogP contribution in [-0.2, 0) is 7.05 Å². The standard InChI is InChI=1S/C22H22N6O2/c1-14-4-3-5-15(8-14)21(30)27-11-17-9-16(27)12-28(17)22-25-19(10-20(29)26(22)2)18-6-7-23-13-24-18/h3-8,10,13,16-17H,9,11-12H2,1-2H3/t16?,17-/m1/s1. The second-order valence-corrected chi connectivity index (χ2v) is 7.96. The van der Waals surface area contributed by atoms with Gasteiger partial charge < -0.3 is 9.80 Å². The molecule has 4 heterocycles. The van der Waals surface area contributed by atoms with Gasteiger partial charge in [-0.3, -0.25) is 14.2 Å². The molecule has 2 fully saturated rings. The van der Waals surface area contributed by atoms with Crippen LogP contribution in [0.4, 0.5) is 5.95 Å². The normalized spacial score (nSPS) is 20.1. The fraction of sp³-hybridized carbons (Fsp3) is 0.318. The Morgan fingerprint density at radius 1 is 1.10 bits per heavy atom. The number of rotatable bonds is 3. The fourth-order valence-electron chi connectivity index (χ4n) is 4.46. The predicted octanol–water partition coefficient (Wildman–Crippen LogP) is 1.65. The summed E-state index contributed by atoms with van der Waals surface area (Å²) in [7, 11) is 1.73. The molecular formula is C22H22N6O2. The number of benzene rings is 1. The highest BCUT2D eigenvalue weighted by Gasteiger charge is 2.46. The molecule has 8 nitrogen and oxygen atoms in total. The molecule has 2 atom stereocenters. The zero-order valence-corrected chi connectivity index (χ0v) is 16.9. The van der Waals surface area contributed by atoms with E-state index in [1.54, 1.807) is 23.9 Å². The molecule has 0 N–H and O–H groups in total. The molecule has 8 heteroatoms. The predicted molar refractivity (Wildman–Crippen MR) is 112 cm³/mol. The molecule has 0 spiro atoms. The van der Waals surface area contributed by atoms with Crippen molar-refractivity contribution in [2.75, 3.05) is 18.0 Å². The van der Waals surface area contributed by atoms with Crippen LogP contribution >= 0.6 is 0 Å². The molecule has 0 radical (unpaired) electrons. The highest BCUT2D eigenvalue weighted by molar-refractivity contribution is 5.95. The number of nitrogens with zero attached hydrogens (tertiary/aromatic N) is 6. The zero-order valence-electron chi connectivity index (χ0n) is 16.9. The Bertz CT molecular complexity index is 1180. The number of amides is 1. The number of carbonyl (C=O) groups excluding carboxylic acids is 1. The Labute approximate surface area is 173 Å². The first-order chi connectivity index (χ1) is 14.5. The van der Waals surface area contributed by atoms with E-state index < -0.39 is 0 Å². The molecule has 2 bridgehead atoms. The maximum Gasteiger partial charge on any atom is 0.255 e. The number of anilines is 1. The Morgan fingerprint density at radius 2 is 1.97 bits per heavy atom. The van der Waals surface area contributed by atoms with Gasteiger partial charge in [-0.25, -0.2) is 15.0 Å². The summed E-state index contributed by atoms with van der Waals surface area (Å²) in [5, 5.41) is 0. The number of piperazine rings is 1. The molecule has 1 amide bonds. The Balaban J connectivity index is 1.42. The van der Waals surface area contributed by atoms with Gasteiger partial charge in [-0.05, 0) is 31.5 Å². The number of likely N-dealkylation sites (tertiary alicyclic amines) is 1. The third-order valence-corrected chi connectivity index (χ3v) is 5.98. The van der Waals surface area contributed by atoms with Crippen molar-refractivity contribution in [1.82, 2.24) is 24.4 Å². The summed E-state index contributed by atoms with van der Waals surface area (Å²) in [6.45, 7) is 3.28. The number of hydrogen-bond acceptors (Lipinski definition) is 6. The lowest BCUT2D eigenvalue weighted by molar-refractivity contribution is 0.0725. The second-order valence-electron chi connectivity index (χ2n) is 7.96. The van der Waals surface area contributed by atoms with Crippen LogP contribution in [0, 0.1) is 6.92 Å². The lowest BCUT2D eigenvalue weighted by Crippen LogP contribution is -2.50. The van der Waals surface area contributed by atoms with Crippen LogP contribution < -0.4 is 10.5 Å². The molecular weight excluding hydrogens is 380 g/mol. The highest BCUT2D eigenvalue weighted by atomic mass is 16.2. The molecule has 152 valence electrons. The van der Waals surface area contributed by atoms with Crippen LogP contribution in [0.5, 0.6) is 0 Å². The average Bonchev–Trinajstić information content (AvgIpc) is 3.36. The van der Waals surface area contributed by atoms with E-state index in [0.29, 0.717) is 30.4 Å². The largest absolute Gasteiger partial charge is 0.335 e. The Kier molecular flexibility index (Phi) is 4.34. The fourth-order valence-corrected chi connectivity index (χ4v) is 4.46. The second kappa shape index (κ2) is 7.05. The van der Waals surface area contributed by atoms with Gasteiger partial charge in [0, 0.05) is 38.0 Å². The van der Waals surface area contributed by atoms with Gasteiger partial charge in [-0.15, -0.1) is 0 Å². The number of fused-ring (bicyclic) bond motifs is 2. The first-order valence-electron chi connectivity index (χ1n) is 10.00. The summed E-state index contributed by atoms with van der Waals surface area (Å²) < 4.78 is 1.57. The SMILES string of the molecule is Cc1cccc(C(=O)N2C[C@H]3CC2CN3c2nc(-c3ccncn3)cc(=O)n2C)c1. The van der Waals surface area contributed by atoms with Crippen LogP contribution in [0.3, 0.4) is 0 Å². The van der Waals surface area contributed by atoms with Crippen molar-refractivity contribution in [2.45, 2.75) is 25.4 Å². The molecule has 2 aromatic heterocycles. The van der Waals surface area contributed by atoms with Gasteiger partial charge in [0.15, 0.2) is 0 Å². The molecule has 1 aromatic carbocycles. The van der Waals surface area contributed by atoms with Gasteiger partial charge in [0.25, 0.3) is 11.5 Å². The number of carbonyl (C=O) groups is 1. The van der Waals surface area contributed by atoms with Crippen molar-refractivity contribution in [1.29, 1.82) is 0 Å². The van der Waals surface area contributed by atoms with Crippen molar-refractivity contribution in [3.8, 4) is 11.4 Å². The molecule has 2 saturated heterocycles. The topological polar surface area (TPSA) is 84.2 Å². The molecule has 5 rings (SSSR count). The van der Waals surface area contributed by atoms with Crippen molar-refractivity contribution in [3.63, 3.8) is 0 Å². The summed E-state index contributed by atoms with van der Waals surface area (Å²) in [6, 6.07) is 11.2. The maximum atomic E-state index is 13.0. The van der Waals surface area contributed by atoms with Crippen LogP contribution in [0.15, 0.2) is 53.7 Å². The molecule has 2 aliphatic rings. The zero-order chi connectivity index (χ0) is 20.8. The summed E-state index contributed by atoms with van der Waals surface area (Å²) in [5.41, 5.74) is 2.82. The molecule has 2 aliphatic heterocycles. The summed E-state index contributed by atoms with van der Waals surface area (Å²) in [4.78, 5) is 42.6. The monoisotopic (exact) mass is 402 g/mol. The minimum atomic E-state index is -0.135. The minimum Gasteiger partial charge on any atom is -0.335 e. The Morgan fingerprint density at radius 3 is 2.67 bits per heavy atom. The summed E-state index contributed by atoms with van der Waals surface area (Å²) >= 11 is 0. The van der Waals surface area contributed by atoms with Crippen LogP contribution in [0.1, 0.15) is 22.3 Å². The first kappa shape index (κ1) is 18.5. The van der Waals surface area contributed by atoms with Crippen molar-refractivity contribution in [2.24, 2.45) is 7.05 Å². The van der Waals surface area contributed by atoms with Crippen LogP contribution in [0.25, 0.3) is 11.4 Å². The average molecular weight is 402 g/mol. The number of aryl methyl sites for hydroxylation is 1. The van der Waals surface area contributed by atoms with Gasteiger partial charge in [0.2, 0.25) is 5.95 Å². The van der Waals surface area contributed by atoms with Gasteiger partial charge in [0.05, 0.1) is 23.5 Å². The van der Waals surface area contributed by atoms with E-state index in [1.165, 1.54) is 12.4 Å². The first-order valence-corrected chi connectivity index (χ1v) is 10.00. The van der Waals surface area contributed by atoms with Gasteiger partial charge in [-0.1, -0.05) is 17.7 Å². The molecule has 0 saturated carbocycles. The molecule has 1 unspecified atom stereocenters. The van der Waals surface area contributed by atoms with Crippen LogP contribution in [0.2, 0.25) is 0 Å². The van der Waals surface area contributed by atoms with E-state index in [9.17, 15) is 9.59 Å². The molecule has 3 aromatic rings. The van der Waals surface area contributed by atoms with Gasteiger partial charge in [-0.2, -0.15) is 0 Å². The number of hydrogen-bond donors (Lipinski definition) is 0. The van der Waals surface area contributed by atoms with E-state index in [4.69, 9.17) is 4.98 Å².